The smallest absolute Gasteiger partial charge is 0.337 e. The second-order valence-electron chi connectivity index (χ2n) is 3.93. The molecule has 2 rings (SSSR count). The minimum Gasteiger partial charge on any atom is -0.465 e. The number of ether oxygens (including phenoxy) is 1. The van der Waals surface area contributed by atoms with Crippen LogP contribution < -0.4 is 0 Å². The third-order valence-corrected chi connectivity index (χ3v) is 2.76. The predicted molar refractivity (Wildman–Crippen MR) is 68.3 cm³/mol. The normalized spacial score (nSPS) is 11.9. The van der Waals surface area contributed by atoms with E-state index in [1.54, 1.807) is 24.3 Å². The van der Waals surface area contributed by atoms with Gasteiger partial charge < -0.3 is 9.84 Å². The van der Waals surface area contributed by atoms with Crippen LogP contribution in [0.3, 0.4) is 0 Å². The van der Waals surface area contributed by atoms with E-state index in [1.165, 1.54) is 7.11 Å². The van der Waals surface area contributed by atoms with Gasteiger partial charge in [-0.1, -0.05) is 42.5 Å². The van der Waals surface area contributed by atoms with Crippen LogP contribution in [0.25, 0.3) is 0 Å². The fraction of sp³-hybridized carbons (Fsp3) is 0.133. The van der Waals surface area contributed by atoms with Gasteiger partial charge in [-0.15, -0.1) is 0 Å². The number of methoxy groups -OCH3 is 1. The molecule has 0 radical (unpaired) electrons. The van der Waals surface area contributed by atoms with Gasteiger partial charge in [0.05, 0.1) is 12.7 Å². The first-order chi connectivity index (χ1) is 8.72. The summed E-state index contributed by atoms with van der Waals surface area (Å²) in [6.45, 7) is 0. The molecule has 0 amide bonds. The number of carbonyl (C=O) groups excluding carboxylic acids is 1. The van der Waals surface area contributed by atoms with E-state index in [0.29, 0.717) is 5.56 Å². The van der Waals surface area contributed by atoms with E-state index in [9.17, 15) is 9.90 Å². The van der Waals surface area contributed by atoms with Crippen molar-refractivity contribution in [2.45, 2.75) is 6.10 Å². The van der Waals surface area contributed by atoms with Gasteiger partial charge >= 0.3 is 5.97 Å². The minimum atomic E-state index is -0.683. The molecular weight excluding hydrogens is 228 g/mol. The van der Waals surface area contributed by atoms with Crippen LogP contribution in [0, 0.1) is 0 Å². The van der Waals surface area contributed by atoms with E-state index in [4.69, 9.17) is 0 Å². The number of aliphatic hydroxyl groups excluding tert-OH is 1. The Bertz CT molecular complexity index is 517. The van der Waals surface area contributed by atoms with Crippen molar-refractivity contribution in [2.24, 2.45) is 0 Å². The van der Waals surface area contributed by atoms with E-state index >= 15 is 0 Å². The van der Waals surface area contributed by atoms with Gasteiger partial charge in [0.2, 0.25) is 0 Å². The molecule has 0 aliphatic rings. The first-order valence-electron chi connectivity index (χ1n) is 5.63. The lowest BCUT2D eigenvalue weighted by Crippen LogP contribution is -2.03. The molecule has 0 saturated heterocycles. The van der Waals surface area contributed by atoms with Gasteiger partial charge in [-0.25, -0.2) is 4.79 Å². The zero-order valence-electron chi connectivity index (χ0n) is 10.0. The van der Waals surface area contributed by atoms with Crippen LogP contribution in [0.4, 0.5) is 0 Å². The minimum absolute atomic E-state index is 0.379. The number of aliphatic hydroxyl groups is 1. The highest BCUT2D eigenvalue weighted by atomic mass is 16.5. The number of benzene rings is 2. The number of carbonyl (C=O) groups is 1. The van der Waals surface area contributed by atoms with Crippen molar-refractivity contribution in [2.75, 3.05) is 7.11 Å². The van der Waals surface area contributed by atoms with Crippen LogP contribution in [0.5, 0.6) is 0 Å². The molecule has 0 aromatic heterocycles. The van der Waals surface area contributed by atoms with Gasteiger partial charge in [0, 0.05) is 0 Å². The molecule has 0 aliphatic carbocycles. The predicted octanol–water partition coefficient (Wildman–Crippen LogP) is 2.55. The van der Waals surface area contributed by atoms with Crippen molar-refractivity contribution in [3.05, 3.63) is 71.3 Å². The van der Waals surface area contributed by atoms with Gasteiger partial charge in [-0.2, -0.15) is 0 Å². The van der Waals surface area contributed by atoms with Gasteiger partial charge in [-0.3, -0.25) is 0 Å². The summed E-state index contributed by atoms with van der Waals surface area (Å²) in [7, 11) is 1.34. The van der Waals surface area contributed by atoms with Gasteiger partial charge in [-0.05, 0) is 23.3 Å². The number of esters is 1. The van der Waals surface area contributed by atoms with Gasteiger partial charge in [0.25, 0.3) is 0 Å². The molecule has 0 unspecified atom stereocenters. The Hall–Kier alpha value is -2.13. The molecule has 0 spiro atoms. The van der Waals surface area contributed by atoms with Crippen LogP contribution >= 0.6 is 0 Å². The van der Waals surface area contributed by atoms with Gasteiger partial charge in [0.1, 0.15) is 6.10 Å². The quantitative estimate of drug-likeness (QED) is 0.841. The monoisotopic (exact) mass is 242 g/mol. The molecule has 0 heterocycles. The number of hydrogen-bond donors (Lipinski definition) is 1. The molecule has 1 N–H and O–H groups in total. The maximum Gasteiger partial charge on any atom is 0.337 e. The van der Waals surface area contributed by atoms with Crippen molar-refractivity contribution < 1.29 is 14.6 Å². The molecule has 2 aromatic rings. The SMILES string of the molecule is COC(=O)c1ccc([C@H](O)c2ccccc2)cc1. The Morgan fingerprint density at radius 1 is 1.00 bits per heavy atom. The Kier molecular flexibility index (Phi) is 3.75. The highest BCUT2D eigenvalue weighted by molar-refractivity contribution is 5.89. The Morgan fingerprint density at radius 3 is 2.11 bits per heavy atom. The highest BCUT2D eigenvalue weighted by Gasteiger charge is 2.11. The first kappa shape index (κ1) is 12.3. The second-order valence-corrected chi connectivity index (χ2v) is 3.93. The van der Waals surface area contributed by atoms with Crippen molar-refractivity contribution >= 4 is 5.97 Å². The maximum atomic E-state index is 11.3. The van der Waals surface area contributed by atoms with Crippen molar-refractivity contribution in [3.8, 4) is 0 Å². The lowest BCUT2D eigenvalue weighted by atomic mass is 10.0. The molecule has 3 heteroatoms. The largest absolute Gasteiger partial charge is 0.465 e. The summed E-state index contributed by atoms with van der Waals surface area (Å²) >= 11 is 0. The lowest BCUT2D eigenvalue weighted by molar-refractivity contribution is 0.0600. The van der Waals surface area contributed by atoms with Crippen LogP contribution in [0.15, 0.2) is 54.6 Å². The standard InChI is InChI=1S/C15H14O3/c1-18-15(17)13-9-7-12(8-10-13)14(16)11-5-3-2-4-6-11/h2-10,14,16H,1H3/t14-/m1/s1. The molecule has 0 aliphatic heterocycles. The number of hydrogen-bond acceptors (Lipinski definition) is 3. The Labute approximate surface area is 106 Å². The summed E-state index contributed by atoms with van der Waals surface area (Å²) in [4.78, 5) is 11.3. The molecule has 3 nitrogen and oxygen atoms in total. The van der Waals surface area contributed by atoms with Gasteiger partial charge in [0.15, 0.2) is 0 Å². The average molecular weight is 242 g/mol. The van der Waals surface area contributed by atoms with Crippen LogP contribution in [-0.4, -0.2) is 18.2 Å². The fourth-order valence-electron chi connectivity index (χ4n) is 1.75. The molecule has 0 fully saturated rings. The molecule has 1 atom stereocenters. The summed E-state index contributed by atoms with van der Waals surface area (Å²) < 4.78 is 4.62. The molecular formula is C15H14O3. The summed E-state index contributed by atoms with van der Waals surface area (Å²) in [5, 5.41) is 10.2. The summed E-state index contributed by atoms with van der Waals surface area (Å²) in [6, 6.07) is 16.1. The van der Waals surface area contributed by atoms with Crippen LogP contribution in [0.2, 0.25) is 0 Å². The molecule has 0 bridgehead atoms. The average Bonchev–Trinajstić information content (AvgIpc) is 2.47. The van der Waals surface area contributed by atoms with E-state index in [1.807, 2.05) is 30.3 Å². The van der Waals surface area contributed by atoms with Crippen molar-refractivity contribution in [1.82, 2.24) is 0 Å². The molecule has 0 saturated carbocycles. The van der Waals surface area contributed by atoms with E-state index in [-0.39, 0.29) is 5.97 Å². The third kappa shape index (κ3) is 2.57. The number of rotatable bonds is 3. The second kappa shape index (κ2) is 5.47. The van der Waals surface area contributed by atoms with E-state index in [0.717, 1.165) is 11.1 Å². The lowest BCUT2D eigenvalue weighted by Gasteiger charge is -2.11. The molecule has 2 aromatic carbocycles. The topological polar surface area (TPSA) is 46.5 Å². The summed E-state index contributed by atoms with van der Waals surface area (Å²) in [5.74, 6) is -0.379. The zero-order chi connectivity index (χ0) is 13.0. The Morgan fingerprint density at radius 2 is 1.56 bits per heavy atom. The van der Waals surface area contributed by atoms with Crippen LogP contribution in [0.1, 0.15) is 27.6 Å². The Balaban J connectivity index is 2.22. The van der Waals surface area contributed by atoms with Crippen molar-refractivity contribution in [1.29, 1.82) is 0 Å². The van der Waals surface area contributed by atoms with Crippen molar-refractivity contribution in [3.63, 3.8) is 0 Å². The first-order valence-corrected chi connectivity index (χ1v) is 5.63. The summed E-state index contributed by atoms with van der Waals surface area (Å²) in [6.07, 6.45) is -0.683. The van der Waals surface area contributed by atoms with E-state index in [2.05, 4.69) is 4.74 Å². The molecule has 18 heavy (non-hydrogen) atoms. The maximum absolute atomic E-state index is 11.3. The third-order valence-electron chi connectivity index (χ3n) is 2.76. The van der Waals surface area contributed by atoms with E-state index < -0.39 is 6.10 Å². The molecule has 92 valence electrons. The van der Waals surface area contributed by atoms with Crippen LogP contribution in [-0.2, 0) is 4.74 Å². The zero-order valence-corrected chi connectivity index (χ0v) is 10.0. The highest BCUT2D eigenvalue weighted by Crippen LogP contribution is 2.21. The summed E-state index contributed by atoms with van der Waals surface area (Å²) in [5.41, 5.74) is 2.04. The fourth-order valence-corrected chi connectivity index (χ4v) is 1.75.